The minimum absolute atomic E-state index is 0.0507. The molecule has 0 saturated carbocycles. The van der Waals surface area contributed by atoms with Gasteiger partial charge in [-0.25, -0.2) is 0 Å². The molecule has 1 aromatic rings. The quantitative estimate of drug-likeness (QED) is 0.0383. The van der Waals surface area contributed by atoms with E-state index in [2.05, 4.69) is 13.8 Å². The molecular formula is C63H106O22. The minimum atomic E-state index is -1.29. The highest BCUT2D eigenvalue weighted by atomic mass is 16.8. The highest BCUT2D eigenvalue weighted by molar-refractivity contribution is 5.72. The molecule has 4 heterocycles. The molecule has 4 fully saturated rings. The summed E-state index contributed by atoms with van der Waals surface area (Å²) >= 11 is 0. The lowest BCUT2D eigenvalue weighted by Gasteiger charge is -2.50. The number of carbonyl (C=O) groups is 3. The molecule has 4 aliphatic heterocycles. The Morgan fingerprint density at radius 1 is 0.565 bits per heavy atom. The summed E-state index contributed by atoms with van der Waals surface area (Å²) in [6.45, 7) is 20.4. The Morgan fingerprint density at radius 3 is 1.60 bits per heavy atom. The Labute approximate surface area is 505 Å². The summed E-state index contributed by atoms with van der Waals surface area (Å²) in [5, 5.41) is 22.7. The van der Waals surface area contributed by atoms with Crippen molar-refractivity contribution in [1.29, 1.82) is 0 Å². The Kier molecular flexibility index (Phi) is 30.6. The number of hydrogen-bond donors (Lipinski definition) is 2. The molecule has 4 aliphatic rings. The average Bonchev–Trinajstić information content (AvgIpc) is 3.18. The fourth-order valence-corrected chi connectivity index (χ4v) is 12.4. The van der Waals surface area contributed by atoms with E-state index in [0.717, 1.165) is 50.5 Å². The fourth-order valence-electron chi connectivity index (χ4n) is 12.4. The van der Waals surface area contributed by atoms with Crippen LogP contribution in [-0.2, 0) is 96.6 Å². The van der Waals surface area contributed by atoms with Gasteiger partial charge in [0.2, 0.25) is 6.29 Å². The van der Waals surface area contributed by atoms with Crippen LogP contribution >= 0.6 is 0 Å². The van der Waals surface area contributed by atoms with Gasteiger partial charge in [-0.05, 0) is 89.8 Å². The molecule has 0 radical (unpaired) electrons. The van der Waals surface area contributed by atoms with Crippen LogP contribution in [0.5, 0.6) is 5.75 Å². The number of unbranched alkanes of at least 4 members (excludes halogenated alkanes) is 1. The summed E-state index contributed by atoms with van der Waals surface area (Å²) in [6, 6.07) is 7.44. The molecule has 22 heteroatoms. The Bertz CT molecular complexity index is 2070. The number of benzene rings is 1. The summed E-state index contributed by atoms with van der Waals surface area (Å²) in [5.41, 5.74) is 0.872. The first-order valence-corrected chi connectivity index (χ1v) is 31.0. The third-order valence-electron chi connectivity index (χ3n) is 17.2. The van der Waals surface area contributed by atoms with Gasteiger partial charge in [0.1, 0.15) is 72.9 Å². The summed E-state index contributed by atoms with van der Waals surface area (Å²) in [7, 11) is 9.15. The topological polar surface area (TPSA) is 249 Å². The van der Waals surface area contributed by atoms with Crippen LogP contribution in [0, 0.1) is 17.8 Å². The minimum Gasteiger partial charge on any atom is -0.462 e. The van der Waals surface area contributed by atoms with Crippen LogP contribution in [0.1, 0.15) is 152 Å². The first-order valence-electron chi connectivity index (χ1n) is 31.0. The van der Waals surface area contributed by atoms with Gasteiger partial charge in [0.25, 0.3) is 0 Å². The standard InChI is InChI=1S/C63H106O22/c1-18-23-35(5)59(67)80-44(26-22-21-25-34(4)47(20-3)69-12)32-45(81-60(68)36(6)24-19-2)31-42-27-29-43(30-28-42)82-61-57(73-16)54(51(71-14)39(9)77-61)85-62-56(72-15)53(49(66)37(7)76-62)84-63-58(74-17)55(52(40(10)78-63)79-41(11)64)83-48-33-46(65)50(70-13)38(8)75-48/h27-30,34-40,44-58,61-63,65-66H,18-26,31-33H2,1-17H3. The second kappa shape index (κ2) is 35.9. The van der Waals surface area contributed by atoms with Gasteiger partial charge < -0.3 is 90.7 Å². The molecule has 490 valence electrons. The Balaban J connectivity index is 1.34. The van der Waals surface area contributed by atoms with Crippen LogP contribution in [0.2, 0.25) is 0 Å². The van der Waals surface area contributed by atoms with Gasteiger partial charge in [-0.1, -0.05) is 72.9 Å². The fraction of sp³-hybridized carbons (Fsp3) is 0.857. The Morgan fingerprint density at radius 2 is 1.06 bits per heavy atom. The highest BCUT2D eigenvalue weighted by Gasteiger charge is 2.56. The van der Waals surface area contributed by atoms with Crippen molar-refractivity contribution in [3.8, 4) is 5.75 Å². The van der Waals surface area contributed by atoms with E-state index in [1.807, 2.05) is 58.9 Å². The van der Waals surface area contributed by atoms with Crippen molar-refractivity contribution in [2.45, 2.75) is 288 Å². The maximum absolute atomic E-state index is 13.6. The number of aliphatic hydroxyl groups excluding tert-OH is 2. The number of aliphatic hydroxyl groups is 2. The van der Waals surface area contributed by atoms with E-state index in [-0.39, 0.29) is 36.3 Å². The molecule has 22 nitrogen and oxygen atoms in total. The van der Waals surface area contributed by atoms with Crippen molar-refractivity contribution in [1.82, 2.24) is 0 Å². The van der Waals surface area contributed by atoms with Crippen molar-refractivity contribution in [3.05, 3.63) is 29.8 Å². The zero-order chi connectivity index (χ0) is 62.7. The van der Waals surface area contributed by atoms with Gasteiger partial charge in [-0.15, -0.1) is 0 Å². The van der Waals surface area contributed by atoms with Crippen LogP contribution in [0.4, 0.5) is 0 Å². The number of esters is 3. The maximum Gasteiger partial charge on any atom is 0.308 e. The molecule has 5 rings (SSSR count). The third-order valence-corrected chi connectivity index (χ3v) is 17.2. The summed E-state index contributed by atoms with van der Waals surface area (Å²) < 4.78 is 106. The van der Waals surface area contributed by atoms with Crippen molar-refractivity contribution < 1.29 is 105 Å². The zero-order valence-electron chi connectivity index (χ0n) is 53.8. The molecule has 0 amide bonds. The predicted molar refractivity (Wildman–Crippen MR) is 310 cm³/mol. The van der Waals surface area contributed by atoms with Crippen molar-refractivity contribution in [3.63, 3.8) is 0 Å². The third kappa shape index (κ3) is 20.2. The Hall–Kier alpha value is -3.17. The summed E-state index contributed by atoms with van der Waals surface area (Å²) in [5.74, 6) is -0.826. The van der Waals surface area contributed by atoms with Gasteiger partial charge in [0.05, 0.1) is 48.5 Å². The SMILES string of the molecule is CCCC(C)C(=O)OC(CCCCC(C)C(CC)OC)CC(Cc1ccc(OC2OC(C)C(OC)C(OC3OC(C)C(O)C(OC4OC(C)C(OC(C)=O)C(OC5CC(O)C(OC)C(C)O5)C4OC)C3OC)C2OC)cc1)OC(=O)C(C)CCC. The monoisotopic (exact) mass is 1210 g/mol. The van der Waals surface area contributed by atoms with Crippen LogP contribution in [0.15, 0.2) is 24.3 Å². The highest BCUT2D eigenvalue weighted by Crippen LogP contribution is 2.38. The van der Waals surface area contributed by atoms with Crippen molar-refractivity contribution >= 4 is 17.9 Å². The molecule has 0 aromatic heterocycles. The first kappa shape index (κ1) is 72.6. The second-order valence-electron chi connectivity index (χ2n) is 23.7. The largest absolute Gasteiger partial charge is 0.462 e. The molecule has 2 N–H and O–H groups in total. The molecule has 0 aliphatic carbocycles. The van der Waals surface area contributed by atoms with Gasteiger partial charge in [-0.2, -0.15) is 0 Å². The number of ether oxygens (including phenoxy) is 17. The zero-order valence-corrected chi connectivity index (χ0v) is 53.8. The summed E-state index contributed by atoms with van der Waals surface area (Å²) in [4.78, 5) is 39.5. The van der Waals surface area contributed by atoms with Crippen LogP contribution in [0.3, 0.4) is 0 Å². The predicted octanol–water partition coefficient (Wildman–Crippen LogP) is 7.57. The lowest BCUT2D eigenvalue weighted by molar-refractivity contribution is -0.384. The number of methoxy groups -OCH3 is 6. The maximum atomic E-state index is 13.6. The van der Waals surface area contributed by atoms with E-state index in [0.29, 0.717) is 37.4 Å². The molecule has 4 saturated heterocycles. The average molecular weight is 1220 g/mol. The van der Waals surface area contributed by atoms with Gasteiger partial charge in [0.15, 0.2) is 25.0 Å². The molecule has 1 aromatic carbocycles. The molecule has 25 unspecified atom stereocenters. The van der Waals surface area contributed by atoms with E-state index in [4.69, 9.17) is 80.5 Å². The van der Waals surface area contributed by atoms with E-state index in [1.54, 1.807) is 27.9 Å². The molecule has 0 spiro atoms. The van der Waals surface area contributed by atoms with Gasteiger partial charge in [0, 0.05) is 68.8 Å². The normalized spacial score (nSPS) is 34.7. The van der Waals surface area contributed by atoms with Crippen LogP contribution in [0.25, 0.3) is 0 Å². The summed E-state index contributed by atoms with van der Waals surface area (Å²) in [6.07, 6.45) is -10.7. The molecular weight excluding hydrogens is 1110 g/mol. The molecule has 0 bridgehead atoms. The number of hydrogen-bond acceptors (Lipinski definition) is 22. The second-order valence-corrected chi connectivity index (χ2v) is 23.7. The number of carbonyl (C=O) groups excluding carboxylic acids is 3. The lowest BCUT2D eigenvalue weighted by Crippen LogP contribution is -2.67. The van der Waals surface area contributed by atoms with Crippen LogP contribution in [-0.4, -0.2) is 206 Å². The van der Waals surface area contributed by atoms with E-state index >= 15 is 0 Å². The van der Waals surface area contributed by atoms with E-state index in [1.165, 1.54) is 42.5 Å². The molecule has 25 atom stereocenters. The van der Waals surface area contributed by atoms with Gasteiger partial charge in [-0.3, -0.25) is 14.4 Å². The van der Waals surface area contributed by atoms with Crippen LogP contribution < -0.4 is 4.74 Å². The van der Waals surface area contributed by atoms with E-state index in [9.17, 15) is 24.6 Å². The smallest absolute Gasteiger partial charge is 0.308 e. The molecule has 85 heavy (non-hydrogen) atoms. The lowest BCUT2D eigenvalue weighted by atomic mass is 9.94. The van der Waals surface area contributed by atoms with Gasteiger partial charge >= 0.3 is 17.9 Å². The van der Waals surface area contributed by atoms with E-state index < -0.39 is 135 Å². The first-order chi connectivity index (χ1) is 40.6. The van der Waals surface area contributed by atoms with Crippen molar-refractivity contribution in [2.75, 3.05) is 42.7 Å². The van der Waals surface area contributed by atoms with Crippen molar-refractivity contribution in [2.24, 2.45) is 17.8 Å². The number of rotatable bonds is 34.